The molecule has 3 aliphatic rings. The topological polar surface area (TPSA) is 109 Å². The van der Waals surface area contributed by atoms with E-state index in [9.17, 15) is 27.6 Å². The first kappa shape index (κ1) is 23.1. The number of benzene rings is 2. The van der Waals surface area contributed by atoms with Crippen LogP contribution in [0.15, 0.2) is 48.5 Å². The van der Waals surface area contributed by atoms with Crippen molar-refractivity contribution in [1.82, 2.24) is 20.9 Å². The molecule has 12 heteroatoms. The van der Waals surface area contributed by atoms with E-state index in [0.29, 0.717) is 24.4 Å². The van der Waals surface area contributed by atoms with Gasteiger partial charge < -0.3 is 14.8 Å². The maximum atomic E-state index is 13.1. The van der Waals surface area contributed by atoms with Crippen LogP contribution in [0.4, 0.5) is 18.0 Å². The van der Waals surface area contributed by atoms with Crippen LogP contribution in [-0.4, -0.2) is 54.3 Å². The molecule has 0 atom stereocenters. The molecule has 1 spiro atoms. The number of halogens is 3. The van der Waals surface area contributed by atoms with Crippen molar-refractivity contribution in [3.05, 3.63) is 54.1 Å². The summed E-state index contributed by atoms with van der Waals surface area (Å²) in [7, 11) is 0. The van der Waals surface area contributed by atoms with E-state index in [-0.39, 0.29) is 17.0 Å². The lowest BCUT2D eigenvalue weighted by Gasteiger charge is -2.56. The monoisotopic (exact) mass is 490 g/mol. The molecule has 9 nitrogen and oxygen atoms in total. The van der Waals surface area contributed by atoms with Gasteiger partial charge in [0.2, 0.25) is 5.54 Å². The largest absolute Gasteiger partial charge is 0.573 e. The van der Waals surface area contributed by atoms with Gasteiger partial charge in [-0.1, -0.05) is 12.1 Å². The minimum Gasteiger partial charge on any atom is -0.457 e. The first-order valence-electron chi connectivity index (χ1n) is 10.9. The zero-order chi connectivity index (χ0) is 24.8. The number of carbonyl (C=O) groups is 3. The highest BCUT2D eigenvalue weighted by atomic mass is 19.4. The number of amides is 4. The quantitative estimate of drug-likeness (QED) is 0.553. The van der Waals surface area contributed by atoms with Crippen molar-refractivity contribution < 1.29 is 37.0 Å². The van der Waals surface area contributed by atoms with Crippen LogP contribution in [0, 0.1) is 0 Å². The number of alkyl halides is 3. The predicted molar refractivity (Wildman–Crippen MR) is 115 cm³/mol. The number of likely N-dealkylation sites (tertiary alicyclic amines) is 1. The fourth-order valence-corrected chi connectivity index (χ4v) is 4.92. The number of urea groups is 1. The Kier molecular flexibility index (Phi) is 5.44. The van der Waals surface area contributed by atoms with Crippen molar-refractivity contribution >= 4 is 17.8 Å². The highest BCUT2D eigenvalue weighted by molar-refractivity contribution is 6.22. The molecule has 3 saturated heterocycles. The molecule has 0 radical (unpaired) electrons. The summed E-state index contributed by atoms with van der Waals surface area (Å²) < 4.78 is 46.5. The van der Waals surface area contributed by atoms with Gasteiger partial charge in [-0.25, -0.2) is 4.79 Å². The maximum absolute atomic E-state index is 13.1. The van der Waals surface area contributed by atoms with Crippen LogP contribution < -0.4 is 25.4 Å². The Bertz CT molecular complexity index is 1130. The van der Waals surface area contributed by atoms with E-state index in [1.54, 1.807) is 17.0 Å². The number of rotatable bonds is 5. The van der Waals surface area contributed by atoms with Crippen LogP contribution in [0.5, 0.6) is 17.2 Å². The van der Waals surface area contributed by atoms with Crippen LogP contribution in [0.25, 0.3) is 0 Å². The van der Waals surface area contributed by atoms with Crippen molar-refractivity contribution in [2.75, 3.05) is 19.6 Å². The van der Waals surface area contributed by atoms with Gasteiger partial charge in [0, 0.05) is 18.6 Å². The molecule has 0 saturated carbocycles. The van der Waals surface area contributed by atoms with E-state index in [1.165, 1.54) is 24.3 Å². The number of barbiturate groups is 1. The predicted octanol–water partition coefficient (Wildman–Crippen LogP) is 2.38. The summed E-state index contributed by atoms with van der Waals surface area (Å²) in [4.78, 5) is 39.7. The Morgan fingerprint density at radius 1 is 0.829 bits per heavy atom. The molecule has 0 bridgehead atoms. The highest BCUT2D eigenvalue weighted by Crippen LogP contribution is 2.42. The van der Waals surface area contributed by atoms with Crippen molar-refractivity contribution in [1.29, 1.82) is 0 Å². The number of nitrogens with zero attached hydrogens (tertiary/aromatic N) is 1. The third-order valence-electron chi connectivity index (χ3n) is 6.47. The lowest BCUT2D eigenvalue weighted by molar-refractivity contribution is -0.274. The van der Waals surface area contributed by atoms with E-state index < -0.39 is 29.7 Å². The fourth-order valence-electron chi connectivity index (χ4n) is 4.92. The summed E-state index contributed by atoms with van der Waals surface area (Å²) in [6, 6.07) is 10.2. The summed E-state index contributed by atoms with van der Waals surface area (Å²) in [6.07, 6.45) is -2.85. The Hall–Kier alpha value is -3.64. The maximum Gasteiger partial charge on any atom is 0.573 e. The van der Waals surface area contributed by atoms with Crippen LogP contribution in [-0.2, 0) is 15.1 Å². The third-order valence-corrected chi connectivity index (χ3v) is 6.47. The van der Waals surface area contributed by atoms with Crippen molar-refractivity contribution in [2.24, 2.45) is 0 Å². The van der Waals surface area contributed by atoms with E-state index in [2.05, 4.69) is 20.7 Å². The van der Waals surface area contributed by atoms with Gasteiger partial charge in [-0.2, -0.15) is 0 Å². The van der Waals surface area contributed by atoms with Crippen LogP contribution >= 0.6 is 0 Å². The first-order valence-corrected chi connectivity index (χ1v) is 10.9. The molecular weight excluding hydrogens is 469 g/mol. The number of ether oxygens (including phenoxy) is 2. The molecule has 0 unspecified atom stereocenters. The second-order valence-corrected chi connectivity index (χ2v) is 8.76. The van der Waals surface area contributed by atoms with Gasteiger partial charge in [-0.05, 0) is 61.3 Å². The molecule has 184 valence electrons. The molecule has 0 aliphatic carbocycles. The zero-order valence-electron chi connectivity index (χ0n) is 18.3. The van der Waals surface area contributed by atoms with Gasteiger partial charge in [-0.3, -0.25) is 25.1 Å². The lowest BCUT2D eigenvalue weighted by atomic mass is 9.77. The van der Waals surface area contributed by atoms with Crippen LogP contribution in [0.3, 0.4) is 0 Å². The Balaban J connectivity index is 1.37. The van der Waals surface area contributed by atoms with Crippen molar-refractivity contribution in [3.63, 3.8) is 0 Å². The standard InChI is InChI=1S/C23H21F3N4O5/c24-23(25,26)35-17-8-6-16(7-9-17)34-15-4-2-14(3-5-15)22(18(31)28-20(33)29-19(22)32)30-12-21(13-30)10-1-11-27-21/h2-9,27H,1,10-13H2,(H2,28,29,31,32,33). The average Bonchev–Trinajstić information content (AvgIpc) is 3.25. The SMILES string of the molecule is O=C1NC(=O)C(c2ccc(Oc3ccc(OC(F)(F)F)cc3)cc2)(N2CC3(CCCN3)C2)C(=O)N1. The number of imide groups is 2. The van der Waals surface area contributed by atoms with Gasteiger partial charge in [0.05, 0.1) is 0 Å². The van der Waals surface area contributed by atoms with Crippen molar-refractivity contribution in [2.45, 2.75) is 30.3 Å². The van der Waals surface area contributed by atoms with Crippen LogP contribution in [0.2, 0.25) is 0 Å². The van der Waals surface area contributed by atoms with Crippen molar-refractivity contribution in [3.8, 4) is 17.2 Å². The summed E-state index contributed by atoms with van der Waals surface area (Å²) >= 11 is 0. The van der Waals surface area contributed by atoms with E-state index >= 15 is 0 Å². The van der Waals surface area contributed by atoms with Gasteiger partial charge in [0.1, 0.15) is 17.2 Å². The second kappa shape index (κ2) is 8.24. The molecule has 4 amide bonds. The molecule has 2 aromatic rings. The Morgan fingerprint density at radius 3 is 1.89 bits per heavy atom. The highest BCUT2D eigenvalue weighted by Gasteiger charge is 2.62. The minimum absolute atomic E-state index is 0.153. The zero-order valence-corrected chi connectivity index (χ0v) is 18.3. The summed E-state index contributed by atoms with van der Waals surface area (Å²) in [5.74, 6) is -1.24. The molecular formula is C23H21F3N4O5. The van der Waals surface area contributed by atoms with Gasteiger partial charge in [-0.15, -0.1) is 13.2 Å². The summed E-state index contributed by atoms with van der Waals surface area (Å²) in [5.41, 5.74) is -1.52. The minimum atomic E-state index is -4.79. The number of hydrogen-bond donors (Lipinski definition) is 3. The van der Waals surface area contributed by atoms with E-state index in [1.807, 2.05) is 0 Å². The number of hydrogen-bond acceptors (Lipinski definition) is 7. The van der Waals surface area contributed by atoms with Gasteiger partial charge >= 0.3 is 12.4 Å². The summed E-state index contributed by atoms with van der Waals surface area (Å²) in [6.45, 7) is 1.80. The molecule has 2 aromatic carbocycles. The molecule has 3 heterocycles. The molecule has 3 fully saturated rings. The van der Waals surface area contributed by atoms with Gasteiger partial charge in [0.15, 0.2) is 0 Å². The first-order chi connectivity index (χ1) is 16.6. The van der Waals surface area contributed by atoms with Gasteiger partial charge in [0.25, 0.3) is 11.8 Å². The normalized spacial score (nSPS) is 21.3. The molecule has 5 rings (SSSR count). The Morgan fingerprint density at radius 2 is 1.37 bits per heavy atom. The van der Waals surface area contributed by atoms with E-state index in [4.69, 9.17) is 4.74 Å². The third kappa shape index (κ3) is 4.19. The fraction of sp³-hybridized carbons (Fsp3) is 0.348. The smallest absolute Gasteiger partial charge is 0.457 e. The lowest BCUT2D eigenvalue weighted by Crippen LogP contribution is -2.79. The summed E-state index contributed by atoms with van der Waals surface area (Å²) in [5, 5.41) is 7.85. The van der Waals surface area contributed by atoms with E-state index in [0.717, 1.165) is 31.5 Å². The second-order valence-electron chi connectivity index (χ2n) is 8.76. The molecule has 3 aliphatic heterocycles. The Labute approximate surface area is 197 Å². The van der Waals surface area contributed by atoms with Crippen LogP contribution in [0.1, 0.15) is 18.4 Å². The molecule has 35 heavy (non-hydrogen) atoms. The average molecular weight is 490 g/mol. The molecule has 0 aromatic heterocycles. The molecule has 3 N–H and O–H groups in total. The number of nitrogens with one attached hydrogen (secondary N) is 3. The number of carbonyl (C=O) groups excluding carboxylic acids is 3.